The molecule has 3 aliphatic rings. The molecule has 1 atom stereocenters. The standard InChI is InChI=1S/C83H55N5/c1-6-24-54(25-7-1)55-26-20-27-56(50-55)57-28-21-29-58(51-57)79-84-80(59-46-48-73-67(52-59)65-38-22-42-71-77(65)87(73)75-44-18-16-40-69(75)82(71,61-30-8-2-9-31-61)62-32-10-3-11-33-62)86-81(85-79)60-47-49-74-68(53-60)66-39-23-43-72-78(66)88(74)76-45-19-17-41-70(76)83(72,63-34-12-4-13-35-63)64-36-14-5-15-37-64/h1-53,80H,(H,84,85,86). The van der Waals surface area contributed by atoms with Crippen LogP contribution in [0.25, 0.3) is 77.2 Å². The molecule has 13 aromatic carbocycles. The summed E-state index contributed by atoms with van der Waals surface area (Å²) in [5.41, 5.74) is 23.4. The fourth-order valence-electron chi connectivity index (χ4n) is 15.4. The second-order valence-electron chi connectivity index (χ2n) is 23.6. The SMILES string of the molecule is c1ccc(-c2cccc(-c3cccc(C4=NC(c5ccc6c(c5)c5cccc7c5n6-c5ccccc5C7(c5ccccc5)c5ccccc5)N=C(c5ccc6c(c5)c5cccc7c5n6-c5ccccc5C7(c5ccccc5)c5ccccc5)N4)c3)c2)cc1. The number of fused-ring (bicyclic) bond motifs is 10. The van der Waals surface area contributed by atoms with Gasteiger partial charge in [0.25, 0.3) is 0 Å². The number of aromatic nitrogens is 2. The lowest BCUT2D eigenvalue weighted by Crippen LogP contribution is -2.36. The number of hydrogen-bond acceptors (Lipinski definition) is 3. The molecule has 0 aliphatic carbocycles. The fraction of sp³-hybridized carbons (Fsp3) is 0.0361. The number of nitrogens with one attached hydrogen (secondary N) is 1. The highest BCUT2D eigenvalue weighted by Gasteiger charge is 2.47. The number of para-hydroxylation sites is 4. The Kier molecular flexibility index (Phi) is 11.1. The van der Waals surface area contributed by atoms with Gasteiger partial charge >= 0.3 is 0 Å². The van der Waals surface area contributed by atoms with Crippen molar-refractivity contribution >= 4 is 55.3 Å². The lowest BCUT2D eigenvalue weighted by molar-refractivity contribution is 0.727. The first-order valence-corrected chi connectivity index (χ1v) is 30.4. The van der Waals surface area contributed by atoms with Crippen LogP contribution in [-0.4, -0.2) is 20.8 Å². The minimum atomic E-state index is -0.581. The summed E-state index contributed by atoms with van der Waals surface area (Å²) >= 11 is 0. The zero-order valence-electron chi connectivity index (χ0n) is 48.0. The molecule has 5 nitrogen and oxygen atoms in total. The van der Waals surface area contributed by atoms with Crippen molar-refractivity contribution in [1.29, 1.82) is 0 Å². The van der Waals surface area contributed by atoms with Gasteiger partial charge in [-0.05, 0) is 127 Å². The molecular weight excluding hydrogens is 1070 g/mol. The third-order valence-corrected chi connectivity index (χ3v) is 19.1. The highest BCUT2D eigenvalue weighted by Crippen LogP contribution is 2.56. The quantitative estimate of drug-likeness (QED) is 0.154. The molecule has 15 aromatic rings. The molecule has 0 bridgehead atoms. The van der Waals surface area contributed by atoms with Gasteiger partial charge in [-0.25, -0.2) is 9.98 Å². The maximum absolute atomic E-state index is 5.69. The topological polar surface area (TPSA) is 46.6 Å². The van der Waals surface area contributed by atoms with E-state index in [0.717, 1.165) is 61.3 Å². The van der Waals surface area contributed by atoms with Gasteiger partial charge in [-0.15, -0.1) is 0 Å². The van der Waals surface area contributed by atoms with Gasteiger partial charge in [-0.1, -0.05) is 267 Å². The van der Waals surface area contributed by atoms with Crippen LogP contribution in [0.4, 0.5) is 0 Å². The predicted molar refractivity (Wildman–Crippen MR) is 362 cm³/mol. The van der Waals surface area contributed by atoms with E-state index in [1.54, 1.807) is 0 Å². The smallest absolute Gasteiger partial charge is 0.169 e. The van der Waals surface area contributed by atoms with E-state index in [1.165, 1.54) is 88.8 Å². The minimum absolute atomic E-state index is 0.570. The molecule has 5 heterocycles. The maximum Gasteiger partial charge on any atom is 0.169 e. The molecule has 18 rings (SSSR count). The molecule has 3 aliphatic heterocycles. The normalized spacial score (nSPS) is 15.1. The van der Waals surface area contributed by atoms with E-state index in [4.69, 9.17) is 9.98 Å². The average Bonchev–Trinajstić information content (AvgIpc) is 1.42. The molecule has 0 fully saturated rings. The molecule has 0 saturated carbocycles. The van der Waals surface area contributed by atoms with Gasteiger partial charge in [0.05, 0.1) is 44.3 Å². The van der Waals surface area contributed by atoms with Gasteiger partial charge in [0.15, 0.2) is 6.17 Å². The van der Waals surface area contributed by atoms with Crippen LogP contribution in [0.5, 0.6) is 0 Å². The molecule has 412 valence electrons. The van der Waals surface area contributed by atoms with E-state index in [2.05, 4.69) is 336 Å². The van der Waals surface area contributed by atoms with Crippen LogP contribution in [-0.2, 0) is 10.8 Å². The second kappa shape index (κ2) is 19.6. The van der Waals surface area contributed by atoms with E-state index < -0.39 is 17.0 Å². The Morgan fingerprint density at radius 1 is 0.273 bits per heavy atom. The van der Waals surface area contributed by atoms with Crippen molar-refractivity contribution in [3.05, 3.63) is 383 Å². The van der Waals surface area contributed by atoms with E-state index in [9.17, 15) is 0 Å². The highest BCUT2D eigenvalue weighted by molar-refractivity contribution is 6.20. The number of benzene rings is 13. The number of hydrogen-bond donors (Lipinski definition) is 1. The van der Waals surface area contributed by atoms with Crippen LogP contribution < -0.4 is 5.32 Å². The largest absolute Gasteiger partial charge is 0.324 e. The van der Waals surface area contributed by atoms with Crippen LogP contribution in [0.15, 0.2) is 332 Å². The highest BCUT2D eigenvalue weighted by atomic mass is 15.2. The van der Waals surface area contributed by atoms with Crippen molar-refractivity contribution in [2.45, 2.75) is 17.0 Å². The molecule has 2 aromatic heterocycles. The van der Waals surface area contributed by atoms with E-state index in [-0.39, 0.29) is 0 Å². The third-order valence-electron chi connectivity index (χ3n) is 19.1. The molecule has 5 heteroatoms. The van der Waals surface area contributed by atoms with Gasteiger partial charge in [-0.2, -0.15) is 0 Å². The molecule has 0 spiro atoms. The van der Waals surface area contributed by atoms with Gasteiger partial charge in [0.1, 0.15) is 11.7 Å². The number of nitrogens with zero attached hydrogens (tertiary/aromatic N) is 4. The fourth-order valence-corrected chi connectivity index (χ4v) is 15.4. The zero-order valence-corrected chi connectivity index (χ0v) is 48.0. The van der Waals surface area contributed by atoms with Gasteiger partial charge < -0.3 is 14.5 Å². The Balaban J connectivity index is 0.835. The summed E-state index contributed by atoms with van der Waals surface area (Å²) in [6, 6.07) is 118. The first-order valence-electron chi connectivity index (χ1n) is 30.4. The Morgan fingerprint density at radius 2 is 0.636 bits per heavy atom. The first-order chi connectivity index (χ1) is 43.6. The molecule has 0 saturated heterocycles. The number of amidine groups is 2. The van der Waals surface area contributed by atoms with Gasteiger partial charge in [0, 0.05) is 32.7 Å². The van der Waals surface area contributed by atoms with Crippen LogP contribution >= 0.6 is 0 Å². The number of rotatable bonds is 9. The molecule has 0 radical (unpaired) electrons. The summed E-state index contributed by atoms with van der Waals surface area (Å²) in [7, 11) is 0. The lowest BCUT2D eigenvalue weighted by Gasteiger charge is -2.41. The summed E-state index contributed by atoms with van der Waals surface area (Å²) in [4.78, 5) is 11.3. The molecule has 88 heavy (non-hydrogen) atoms. The summed E-state index contributed by atoms with van der Waals surface area (Å²) in [5, 5.41) is 8.56. The van der Waals surface area contributed by atoms with Crippen LogP contribution in [0.1, 0.15) is 67.4 Å². The molecule has 0 amide bonds. The lowest BCUT2D eigenvalue weighted by atomic mass is 9.63. The Morgan fingerprint density at radius 3 is 1.14 bits per heavy atom. The van der Waals surface area contributed by atoms with Crippen LogP contribution in [0, 0.1) is 0 Å². The summed E-state index contributed by atoms with van der Waals surface area (Å²) in [5.74, 6) is 1.52. The monoisotopic (exact) mass is 1120 g/mol. The summed E-state index contributed by atoms with van der Waals surface area (Å²) in [6.07, 6.45) is -0.581. The zero-order chi connectivity index (χ0) is 57.9. The molecule has 1 N–H and O–H groups in total. The van der Waals surface area contributed by atoms with E-state index in [0.29, 0.717) is 0 Å². The third kappa shape index (κ3) is 7.22. The summed E-state index contributed by atoms with van der Waals surface area (Å²) < 4.78 is 5.01. The maximum atomic E-state index is 5.69. The van der Waals surface area contributed by atoms with Crippen molar-refractivity contribution in [3.63, 3.8) is 0 Å². The molecular formula is C83H55N5. The van der Waals surface area contributed by atoms with E-state index in [1.807, 2.05) is 0 Å². The number of aliphatic imine (C=N–C) groups is 2. The van der Waals surface area contributed by atoms with Crippen molar-refractivity contribution in [2.75, 3.05) is 0 Å². The van der Waals surface area contributed by atoms with Crippen LogP contribution in [0.3, 0.4) is 0 Å². The average molecular weight is 1120 g/mol. The Bertz CT molecular complexity index is 5270. The predicted octanol–water partition coefficient (Wildman–Crippen LogP) is 19.1. The summed E-state index contributed by atoms with van der Waals surface area (Å²) in [6.45, 7) is 0. The van der Waals surface area contributed by atoms with Crippen molar-refractivity contribution in [2.24, 2.45) is 9.98 Å². The Labute approximate surface area is 510 Å². The van der Waals surface area contributed by atoms with Crippen molar-refractivity contribution in [1.82, 2.24) is 14.5 Å². The van der Waals surface area contributed by atoms with Crippen molar-refractivity contribution < 1.29 is 0 Å². The van der Waals surface area contributed by atoms with Crippen LogP contribution in [0.2, 0.25) is 0 Å². The van der Waals surface area contributed by atoms with Gasteiger partial charge in [0.2, 0.25) is 0 Å². The molecule has 1 unspecified atom stereocenters. The van der Waals surface area contributed by atoms with Gasteiger partial charge in [-0.3, -0.25) is 0 Å². The minimum Gasteiger partial charge on any atom is -0.324 e. The van der Waals surface area contributed by atoms with E-state index >= 15 is 0 Å². The second-order valence-corrected chi connectivity index (χ2v) is 23.6. The first kappa shape index (κ1) is 50.0. The Hall–Kier alpha value is -11.4. The van der Waals surface area contributed by atoms with Crippen molar-refractivity contribution in [3.8, 4) is 33.6 Å².